The standard InChI is InChI=1S/C31H29F3N4O2/c1-21-27(19-22-7-4-3-5-8-22)29(36-28(35-21)24-9-6-10-25(20-24)31(32,33)34)37-15-17-38(18-16-37)30(39)23-11-13-26(40-2)14-12-23/h3-14,20H,15-19H2,1-2H3. The van der Waals surface area contributed by atoms with Gasteiger partial charge in [0.15, 0.2) is 5.82 Å². The topological polar surface area (TPSA) is 58.6 Å². The number of hydrogen-bond acceptors (Lipinski definition) is 5. The maximum absolute atomic E-state index is 13.4. The molecule has 0 aliphatic carbocycles. The van der Waals surface area contributed by atoms with Crippen LogP contribution < -0.4 is 9.64 Å². The van der Waals surface area contributed by atoms with Gasteiger partial charge >= 0.3 is 6.18 Å². The fourth-order valence-corrected chi connectivity index (χ4v) is 4.85. The van der Waals surface area contributed by atoms with E-state index in [9.17, 15) is 18.0 Å². The number of benzene rings is 3. The summed E-state index contributed by atoms with van der Waals surface area (Å²) in [7, 11) is 1.58. The van der Waals surface area contributed by atoms with E-state index in [1.807, 2.05) is 37.3 Å². The molecule has 2 heterocycles. The summed E-state index contributed by atoms with van der Waals surface area (Å²) in [6, 6.07) is 22.0. The van der Waals surface area contributed by atoms with Gasteiger partial charge in [0.2, 0.25) is 0 Å². The van der Waals surface area contributed by atoms with Gasteiger partial charge < -0.3 is 14.5 Å². The summed E-state index contributed by atoms with van der Waals surface area (Å²) in [5.74, 6) is 1.55. The molecule has 0 bridgehead atoms. The molecule has 1 saturated heterocycles. The number of alkyl halides is 3. The van der Waals surface area contributed by atoms with Gasteiger partial charge in [-0.3, -0.25) is 4.79 Å². The monoisotopic (exact) mass is 546 g/mol. The van der Waals surface area contributed by atoms with Crippen LogP contribution in [0.5, 0.6) is 5.75 Å². The molecule has 5 rings (SSSR count). The van der Waals surface area contributed by atoms with Crippen LogP contribution in [0, 0.1) is 6.92 Å². The first-order valence-electron chi connectivity index (χ1n) is 13.0. The summed E-state index contributed by atoms with van der Waals surface area (Å²) in [4.78, 5) is 26.5. The molecule has 0 spiro atoms. The van der Waals surface area contributed by atoms with Gasteiger partial charge in [-0.25, -0.2) is 9.97 Å². The average molecular weight is 547 g/mol. The number of piperazine rings is 1. The molecule has 206 valence electrons. The molecule has 6 nitrogen and oxygen atoms in total. The molecular weight excluding hydrogens is 517 g/mol. The smallest absolute Gasteiger partial charge is 0.416 e. The molecule has 4 aromatic rings. The van der Waals surface area contributed by atoms with Gasteiger partial charge in [-0.15, -0.1) is 0 Å². The highest BCUT2D eigenvalue weighted by Gasteiger charge is 2.31. The number of anilines is 1. The van der Waals surface area contributed by atoms with Crippen LogP contribution in [0.25, 0.3) is 11.4 Å². The zero-order valence-electron chi connectivity index (χ0n) is 22.3. The normalized spacial score (nSPS) is 13.8. The number of nitrogens with zero attached hydrogens (tertiary/aromatic N) is 4. The number of hydrogen-bond donors (Lipinski definition) is 0. The molecule has 1 aromatic heterocycles. The summed E-state index contributed by atoms with van der Waals surface area (Å²) in [5.41, 5.74) is 2.85. The van der Waals surface area contributed by atoms with E-state index in [1.165, 1.54) is 6.07 Å². The number of methoxy groups -OCH3 is 1. The number of aryl methyl sites for hydroxylation is 1. The molecule has 1 amide bonds. The number of carbonyl (C=O) groups is 1. The van der Waals surface area contributed by atoms with Crippen LogP contribution in [-0.4, -0.2) is 54.1 Å². The van der Waals surface area contributed by atoms with Crippen LogP contribution >= 0.6 is 0 Å². The van der Waals surface area contributed by atoms with Crippen LogP contribution in [0.1, 0.15) is 32.7 Å². The second kappa shape index (κ2) is 11.4. The lowest BCUT2D eigenvalue weighted by molar-refractivity contribution is -0.137. The molecule has 0 saturated carbocycles. The molecule has 40 heavy (non-hydrogen) atoms. The second-order valence-electron chi connectivity index (χ2n) is 9.68. The van der Waals surface area contributed by atoms with E-state index in [4.69, 9.17) is 9.72 Å². The molecule has 9 heteroatoms. The third-order valence-electron chi connectivity index (χ3n) is 7.07. The third kappa shape index (κ3) is 5.93. The van der Waals surface area contributed by atoms with Crippen LogP contribution in [-0.2, 0) is 12.6 Å². The van der Waals surface area contributed by atoms with E-state index in [0.29, 0.717) is 61.0 Å². The first-order chi connectivity index (χ1) is 19.2. The van der Waals surface area contributed by atoms with Crippen LogP contribution in [0.4, 0.5) is 19.0 Å². The summed E-state index contributed by atoms with van der Waals surface area (Å²) in [5, 5.41) is 0. The fraction of sp³-hybridized carbons (Fsp3) is 0.258. The van der Waals surface area contributed by atoms with Crippen molar-refractivity contribution in [3.05, 3.63) is 107 Å². The molecular formula is C31H29F3N4O2. The highest BCUT2D eigenvalue weighted by atomic mass is 19.4. The maximum atomic E-state index is 13.4. The van der Waals surface area contributed by atoms with E-state index in [-0.39, 0.29) is 11.7 Å². The highest BCUT2D eigenvalue weighted by molar-refractivity contribution is 5.94. The van der Waals surface area contributed by atoms with E-state index >= 15 is 0 Å². The van der Waals surface area contributed by atoms with Crippen molar-refractivity contribution < 1.29 is 22.7 Å². The van der Waals surface area contributed by atoms with Crippen molar-refractivity contribution in [1.82, 2.24) is 14.9 Å². The number of halogens is 3. The number of aromatic nitrogens is 2. The van der Waals surface area contributed by atoms with Gasteiger partial charge in [-0.05, 0) is 48.9 Å². The largest absolute Gasteiger partial charge is 0.497 e. The molecule has 0 atom stereocenters. The quantitative estimate of drug-likeness (QED) is 0.296. The minimum atomic E-state index is -4.46. The predicted molar refractivity (Wildman–Crippen MR) is 148 cm³/mol. The van der Waals surface area contributed by atoms with Crippen molar-refractivity contribution in [3.8, 4) is 17.1 Å². The Kier molecular flexibility index (Phi) is 7.73. The molecule has 1 aliphatic rings. The Morgan fingerprint density at radius 2 is 1.60 bits per heavy atom. The zero-order chi connectivity index (χ0) is 28.3. The van der Waals surface area contributed by atoms with E-state index in [2.05, 4.69) is 9.88 Å². The van der Waals surface area contributed by atoms with Crippen molar-refractivity contribution in [2.45, 2.75) is 19.5 Å². The minimum absolute atomic E-state index is 0.0599. The van der Waals surface area contributed by atoms with E-state index < -0.39 is 11.7 Å². The van der Waals surface area contributed by atoms with Gasteiger partial charge in [-0.2, -0.15) is 13.2 Å². The number of rotatable bonds is 6. The first kappa shape index (κ1) is 27.2. The Morgan fingerprint density at radius 1 is 0.900 bits per heavy atom. The van der Waals surface area contributed by atoms with Crippen molar-refractivity contribution in [2.24, 2.45) is 0 Å². The number of amides is 1. The van der Waals surface area contributed by atoms with Crippen molar-refractivity contribution in [1.29, 1.82) is 0 Å². The minimum Gasteiger partial charge on any atom is -0.497 e. The molecule has 3 aromatic carbocycles. The SMILES string of the molecule is COc1ccc(C(=O)N2CCN(c3nc(-c4cccc(C(F)(F)F)c4)nc(C)c3Cc3ccccc3)CC2)cc1. The maximum Gasteiger partial charge on any atom is 0.416 e. The van der Waals surface area contributed by atoms with Crippen molar-refractivity contribution >= 4 is 11.7 Å². The number of ether oxygens (including phenoxy) is 1. The molecule has 0 radical (unpaired) electrons. The highest BCUT2D eigenvalue weighted by Crippen LogP contribution is 2.33. The fourth-order valence-electron chi connectivity index (χ4n) is 4.85. The van der Waals surface area contributed by atoms with Gasteiger partial charge in [0.1, 0.15) is 11.6 Å². The predicted octanol–water partition coefficient (Wildman–Crippen LogP) is 6.03. The first-order valence-corrected chi connectivity index (χ1v) is 13.0. The number of carbonyl (C=O) groups excluding carboxylic acids is 1. The van der Waals surface area contributed by atoms with Crippen LogP contribution in [0.15, 0.2) is 78.9 Å². The summed E-state index contributed by atoms with van der Waals surface area (Å²) >= 11 is 0. The lowest BCUT2D eigenvalue weighted by Crippen LogP contribution is -2.49. The van der Waals surface area contributed by atoms with E-state index in [0.717, 1.165) is 23.3 Å². The average Bonchev–Trinajstić information content (AvgIpc) is 2.98. The molecule has 1 fully saturated rings. The van der Waals surface area contributed by atoms with E-state index in [1.54, 1.807) is 42.3 Å². The van der Waals surface area contributed by atoms with Gasteiger partial charge in [0.05, 0.1) is 12.7 Å². The molecule has 0 unspecified atom stereocenters. The third-order valence-corrected chi connectivity index (χ3v) is 7.07. The van der Waals surface area contributed by atoms with Crippen LogP contribution in [0.2, 0.25) is 0 Å². The summed E-state index contributed by atoms with van der Waals surface area (Å²) in [6.07, 6.45) is -3.89. The lowest BCUT2D eigenvalue weighted by Gasteiger charge is -2.36. The van der Waals surface area contributed by atoms with Crippen molar-refractivity contribution in [3.63, 3.8) is 0 Å². The van der Waals surface area contributed by atoms with Crippen LogP contribution in [0.3, 0.4) is 0 Å². The van der Waals surface area contributed by atoms with Gasteiger partial charge in [-0.1, -0.05) is 42.5 Å². The summed E-state index contributed by atoms with van der Waals surface area (Å²) < 4.78 is 45.4. The van der Waals surface area contributed by atoms with Gasteiger partial charge in [0, 0.05) is 55.0 Å². The van der Waals surface area contributed by atoms with Gasteiger partial charge in [0.25, 0.3) is 5.91 Å². The Morgan fingerprint density at radius 3 is 2.25 bits per heavy atom. The Balaban J connectivity index is 1.45. The molecule has 0 N–H and O–H groups in total. The Bertz CT molecular complexity index is 1480. The Labute approximate surface area is 231 Å². The molecule has 1 aliphatic heterocycles. The lowest BCUT2D eigenvalue weighted by atomic mass is 10.0. The second-order valence-corrected chi connectivity index (χ2v) is 9.68. The van der Waals surface area contributed by atoms with Crippen molar-refractivity contribution in [2.75, 3.05) is 38.2 Å². The zero-order valence-corrected chi connectivity index (χ0v) is 22.3. The summed E-state index contributed by atoms with van der Waals surface area (Å²) in [6.45, 7) is 3.89. The Hall–Kier alpha value is -4.40.